The fourth-order valence-electron chi connectivity index (χ4n) is 4.30. The molecule has 2 aliphatic rings. The Balaban J connectivity index is 2.14. The number of rotatable bonds is 2. The minimum atomic E-state index is -0.557. The molecule has 0 bridgehead atoms. The van der Waals surface area contributed by atoms with Crippen LogP contribution in [0.25, 0.3) is 0 Å². The first-order valence-corrected chi connectivity index (χ1v) is 7.20. The van der Waals surface area contributed by atoms with Gasteiger partial charge in [-0.15, -0.1) is 0 Å². The van der Waals surface area contributed by atoms with Crippen molar-refractivity contribution in [1.29, 1.82) is 0 Å². The van der Waals surface area contributed by atoms with Crippen LogP contribution in [-0.4, -0.2) is 22.4 Å². The highest BCUT2D eigenvalue weighted by Crippen LogP contribution is 2.55. The summed E-state index contributed by atoms with van der Waals surface area (Å²) in [5, 5.41) is 19.8. The maximum atomic E-state index is 10.2. The molecule has 100 valence electrons. The van der Waals surface area contributed by atoms with Gasteiger partial charge in [0.15, 0.2) is 0 Å². The zero-order chi connectivity index (χ0) is 12.7. The fraction of sp³-hybridized carbons (Fsp3) is 1.00. The Morgan fingerprint density at radius 2 is 1.94 bits per heavy atom. The molecule has 0 heterocycles. The van der Waals surface area contributed by atoms with Gasteiger partial charge in [-0.05, 0) is 69.1 Å². The Bertz CT molecular complexity index is 269. The van der Waals surface area contributed by atoms with E-state index in [-0.39, 0.29) is 0 Å². The van der Waals surface area contributed by atoms with Gasteiger partial charge in [0.1, 0.15) is 0 Å². The van der Waals surface area contributed by atoms with Crippen LogP contribution in [0.3, 0.4) is 0 Å². The van der Waals surface area contributed by atoms with E-state index in [2.05, 4.69) is 6.92 Å². The molecular weight excluding hydrogens is 212 g/mol. The van der Waals surface area contributed by atoms with Crippen molar-refractivity contribution in [3.05, 3.63) is 0 Å². The second-order valence-corrected chi connectivity index (χ2v) is 7.22. The highest BCUT2D eigenvalue weighted by atomic mass is 16.3. The van der Waals surface area contributed by atoms with E-state index in [0.717, 1.165) is 12.8 Å². The predicted molar refractivity (Wildman–Crippen MR) is 69.7 cm³/mol. The van der Waals surface area contributed by atoms with Crippen molar-refractivity contribution in [2.24, 2.45) is 23.2 Å². The van der Waals surface area contributed by atoms with Crippen LogP contribution in [-0.2, 0) is 0 Å². The van der Waals surface area contributed by atoms with Gasteiger partial charge in [0, 0.05) is 6.61 Å². The van der Waals surface area contributed by atoms with Gasteiger partial charge < -0.3 is 10.2 Å². The molecule has 4 atom stereocenters. The van der Waals surface area contributed by atoms with E-state index in [1.54, 1.807) is 0 Å². The van der Waals surface area contributed by atoms with Crippen LogP contribution in [0.4, 0.5) is 0 Å². The van der Waals surface area contributed by atoms with Crippen molar-refractivity contribution in [2.75, 3.05) is 6.61 Å². The molecule has 0 unspecified atom stereocenters. The second kappa shape index (κ2) is 4.55. The summed E-state index contributed by atoms with van der Waals surface area (Å²) >= 11 is 0. The summed E-state index contributed by atoms with van der Waals surface area (Å²) in [5.41, 5.74) is -0.133. The molecular formula is C15H28O2. The normalized spacial score (nSPS) is 43.2. The molecule has 2 nitrogen and oxygen atoms in total. The fourth-order valence-corrected chi connectivity index (χ4v) is 4.30. The zero-order valence-electron chi connectivity index (χ0n) is 11.6. The zero-order valence-corrected chi connectivity index (χ0v) is 11.6. The topological polar surface area (TPSA) is 40.5 Å². The van der Waals surface area contributed by atoms with Gasteiger partial charge in [0.25, 0.3) is 0 Å². The molecule has 0 aromatic rings. The standard InChI is InChI=1S/C15H28O2/c1-14(2,17)12-6-8-15(3)7-4-5-11(10-16)13(15)9-12/h11-13,16-17H,4-10H2,1-3H3/t11-,12-,13-,15-/m1/s1. The molecule has 0 aromatic heterocycles. The van der Waals surface area contributed by atoms with Crippen LogP contribution < -0.4 is 0 Å². The molecule has 0 spiro atoms. The van der Waals surface area contributed by atoms with Crippen molar-refractivity contribution in [1.82, 2.24) is 0 Å². The first-order chi connectivity index (χ1) is 7.87. The SMILES string of the molecule is CC(C)(O)[C@@H]1CC[C@@]2(C)CCC[C@H](CO)[C@H]2C1. The second-order valence-electron chi connectivity index (χ2n) is 7.22. The lowest BCUT2D eigenvalue weighted by Crippen LogP contribution is -2.47. The molecule has 0 aliphatic heterocycles. The Kier molecular flexibility index (Phi) is 3.57. The average molecular weight is 240 g/mol. The quantitative estimate of drug-likeness (QED) is 0.779. The van der Waals surface area contributed by atoms with Crippen molar-refractivity contribution < 1.29 is 10.2 Å². The number of fused-ring (bicyclic) bond motifs is 1. The molecule has 0 radical (unpaired) electrons. The van der Waals surface area contributed by atoms with E-state index in [4.69, 9.17) is 0 Å². The maximum Gasteiger partial charge on any atom is 0.0619 e. The van der Waals surface area contributed by atoms with Gasteiger partial charge in [-0.1, -0.05) is 13.3 Å². The average Bonchev–Trinajstić information content (AvgIpc) is 2.25. The lowest BCUT2D eigenvalue weighted by Gasteiger charge is -2.53. The van der Waals surface area contributed by atoms with Crippen molar-refractivity contribution in [3.8, 4) is 0 Å². The van der Waals surface area contributed by atoms with Crippen LogP contribution in [0, 0.1) is 23.2 Å². The van der Waals surface area contributed by atoms with Gasteiger partial charge in [-0.25, -0.2) is 0 Å². The third-order valence-corrected chi connectivity index (χ3v) is 5.62. The Morgan fingerprint density at radius 1 is 1.24 bits per heavy atom. The Labute approximate surface area is 105 Å². The summed E-state index contributed by atoms with van der Waals surface area (Å²) in [6.07, 6.45) is 7.23. The summed E-state index contributed by atoms with van der Waals surface area (Å²) in [5.74, 6) is 1.50. The number of hydrogen-bond acceptors (Lipinski definition) is 2. The van der Waals surface area contributed by atoms with Crippen molar-refractivity contribution >= 4 is 0 Å². The lowest BCUT2D eigenvalue weighted by molar-refractivity contribution is -0.0795. The van der Waals surface area contributed by atoms with Crippen LogP contribution in [0.15, 0.2) is 0 Å². The Morgan fingerprint density at radius 3 is 2.53 bits per heavy atom. The molecule has 2 fully saturated rings. The summed E-state index contributed by atoms with van der Waals surface area (Å²) in [7, 11) is 0. The minimum absolute atomic E-state index is 0.332. The molecule has 2 saturated carbocycles. The largest absolute Gasteiger partial charge is 0.396 e. The summed E-state index contributed by atoms with van der Waals surface area (Å²) in [4.78, 5) is 0. The van der Waals surface area contributed by atoms with Crippen LogP contribution in [0.1, 0.15) is 59.3 Å². The smallest absolute Gasteiger partial charge is 0.0619 e. The third-order valence-electron chi connectivity index (χ3n) is 5.62. The highest BCUT2D eigenvalue weighted by molar-refractivity contribution is 4.98. The van der Waals surface area contributed by atoms with Gasteiger partial charge in [0.05, 0.1) is 5.60 Å². The molecule has 17 heavy (non-hydrogen) atoms. The first kappa shape index (κ1) is 13.4. The number of hydrogen-bond donors (Lipinski definition) is 2. The van der Waals surface area contributed by atoms with Crippen LogP contribution in [0.2, 0.25) is 0 Å². The van der Waals surface area contributed by atoms with E-state index in [1.165, 1.54) is 25.7 Å². The van der Waals surface area contributed by atoms with E-state index in [9.17, 15) is 10.2 Å². The molecule has 2 heteroatoms. The molecule has 0 saturated heterocycles. The van der Waals surface area contributed by atoms with E-state index >= 15 is 0 Å². The molecule has 0 amide bonds. The highest BCUT2D eigenvalue weighted by Gasteiger charge is 2.47. The number of aliphatic hydroxyl groups excluding tert-OH is 1. The van der Waals surface area contributed by atoms with E-state index in [1.807, 2.05) is 13.8 Å². The summed E-state index contributed by atoms with van der Waals surface area (Å²) < 4.78 is 0. The van der Waals surface area contributed by atoms with E-state index < -0.39 is 5.60 Å². The van der Waals surface area contributed by atoms with Gasteiger partial charge in [-0.2, -0.15) is 0 Å². The van der Waals surface area contributed by atoms with Crippen LogP contribution in [0.5, 0.6) is 0 Å². The molecule has 2 rings (SSSR count). The molecule has 0 aromatic carbocycles. The third kappa shape index (κ3) is 2.53. The van der Waals surface area contributed by atoms with Crippen molar-refractivity contribution in [2.45, 2.75) is 64.9 Å². The summed E-state index contributed by atoms with van der Waals surface area (Å²) in [6.45, 7) is 6.62. The van der Waals surface area contributed by atoms with Gasteiger partial charge >= 0.3 is 0 Å². The maximum absolute atomic E-state index is 10.2. The monoisotopic (exact) mass is 240 g/mol. The molecule has 2 N–H and O–H groups in total. The lowest BCUT2D eigenvalue weighted by atomic mass is 9.53. The van der Waals surface area contributed by atoms with E-state index in [0.29, 0.717) is 29.8 Å². The van der Waals surface area contributed by atoms with Gasteiger partial charge in [0.2, 0.25) is 0 Å². The Hall–Kier alpha value is -0.0800. The first-order valence-electron chi connectivity index (χ1n) is 7.20. The molecule has 2 aliphatic carbocycles. The van der Waals surface area contributed by atoms with Gasteiger partial charge in [-0.3, -0.25) is 0 Å². The van der Waals surface area contributed by atoms with Crippen molar-refractivity contribution in [3.63, 3.8) is 0 Å². The number of aliphatic hydroxyl groups is 2. The minimum Gasteiger partial charge on any atom is -0.396 e. The predicted octanol–water partition coefficient (Wildman–Crippen LogP) is 2.97. The van der Waals surface area contributed by atoms with Crippen LogP contribution >= 0.6 is 0 Å². The summed E-state index contributed by atoms with van der Waals surface area (Å²) in [6, 6.07) is 0.